The zero-order chi connectivity index (χ0) is 19.2. The van der Waals surface area contributed by atoms with Crippen LogP contribution in [-0.2, 0) is 22.4 Å². The minimum absolute atomic E-state index is 0.115. The van der Waals surface area contributed by atoms with Gasteiger partial charge in [-0.3, -0.25) is 14.6 Å². The summed E-state index contributed by atoms with van der Waals surface area (Å²) in [7, 11) is 0. The summed E-state index contributed by atoms with van der Waals surface area (Å²) < 4.78 is 5.33. The first kappa shape index (κ1) is 19.1. The maximum atomic E-state index is 12.5. The Balaban J connectivity index is 1.61. The minimum atomic E-state index is -0.177. The Kier molecular flexibility index (Phi) is 6.24. The zero-order valence-electron chi connectivity index (χ0n) is 15.9. The predicted octanol–water partition coefficient (Wildman–Crippen LogP) is 2.05. The standard InChI is InChI=1S/C20H26N4O3/c1-3-15-4-6-16(7-5-15)22-18(25)9-8-17-14(2)21-20(23-19(17)26)24-10-12-27-13-11-24/h4-7H,3,8-13H2,1-2H3,(H,22,25)(H,21,23,26). The van der Waals surface area contributed by atoms with Gasteiger partial charge < -0.3 is 15.0 Å². The lowest BCUT2D eigenvalue weighted by molar-refractivity contribution is -0.116. The van der Waals surface area contributed by atoms with E-state index in [9.17, 15) is 9.59 Å². The average molecular weight is 370 g/mol. The van der Waals surface area contributed by atoms with Gasteiger partial charge in [-0.05, 0) is 37.5 Å². The number of hydrogen-bond acceptors (Lipinski definition) is 5. The first-order valence-electron chi connectivity index (χ1n) is 9.38. The number of nitrogens with zero attached hydrogens (tertiary/aromatic N) is 2. The minimum Gasteiger partial charge on any atom is -0.378 e. The lowest BCUT2D eigenvalue weighted by Crippen LogP contribution is -2.38. The van der Waals surface area contributed by atoms with Crippen LogP contribution in [0.15, 0.2) is 29.1 Å². The SMILES string of the molecule is CCc1ccc(NC(=O)CCc2c(C)nc(N3CCOCC3)[nH]c2=O)cc1. The molecule has 27 heavy (non-hydrogen) atoms. The van der Waals surface area contributed by atoms with Crippen LogP contribution in [0.4, 0.5) is 11.6 Å². The summed E-state index contributed by atoms with van der Waals surface area (Å²) in [6, 6.07) is 7.79. The Morgan fingerprint density at radius 3 is 2.59 bits per heavy atom. The molecule has 3 rings (SSSR count). The van der Waals surface area contributed by atoms with E-state index in [2.05, 4.69) is 22.2 Å². The summed E-state index contributed by atoms with van der Waals surface area (Å²) in [5, 5.41) is 2.87. The molecule has 1 aromatic carbocycles. The molecule has 7 nitrogen and oxygen atoms in total. The molecule has 1 fully saturated rings. The normalized spacial score (nSPS) is 14.2. The van der Waals surface area contributed by atoms with Crippen molar-refractivity contribution >= 4 is 17.5 Å². The van der Waals surface area contributed by atoms with Crippen LogP contribution >= 0.6 is 0 Å². The van der Waals surface area contributed by atoms with Gasteiger partial charge in [0.2, 0.25) is 11.9 Å². The van der Waals surface area contributed by atoms with Gasteiger partial charge in [-0.15, -0.1) is 0 Å². The summed E-state index contributed by atoms with van der Waals surface area (Å²) in [5.41, 5.74) is 3.04. The fraction of sp³-hybridized carbons (Fsp3) is 0.450. The number of aryl methyl sites for hydroxylation is 2. The van der Waals surface area contributed by atoms with Crippen LogP contribution in [0.3, 0.4) is 0 Å². The largest absolute Gasteiger partial charge is 0.378 e. The van der Waals surface area contributed by atoms with Crippen LogP contribution in [0.2, 0.25) is 0 Å². The van der Waals surface area contributed by atoms with Crippen LogP contribution in [-0.4, -0.2) is 42.2 Å². The van der Waals surface area contributed by atoms with Crippen molar-refractivity contribution in [1.82, 2.24) is 9.97 Å². The quantitative estimate of drug-likeness (QED) is 0.813. The van der Waals surface area contributed by atoms with Crippen molar-refractivity contribution in [2.45, 2.75) is 33.1 Å². The average Bonchev–Trinajstić information content (AvgIpc) is 2.68. The second kappa shape index (κ2) is 8.81. The van der Waals surface area contributed by atoms with Crippen LogP contribution in [0.5, 0.6) is 0 Å². The molecule has 1 aliphatic heterocycles. The molecule has 2 heterocycles. The highest BCUT2D eigenvalue weighted by Gasteiger charge is 2.16. The fourth-order valence-corrected chi connectivity index (χ4v) is 3.10. The van der Waals surface area contributed by atoms with Gasteiger partial charge in [0.15, 0.2) is 0 Å². The van der Waals surface area contributed by atoms with E-state index in [1.807, 2.05) is 36.1 Å². The predicted molar refractivity (Wildman–Crippen MR) is 105 cm³/mol. The molecule has 0 spiro atoms. The molecule has 0 bridgehead atoms. The van der Waals surface area contributed by atoms with Crippen molar-refractivity contribution in [1.29, 1.82) is 0 Å². The second-order valence-electron chi connectivity index (χ2n) is 6.65. The zero-order valence-corrected chi connectivity index (χ0v) is 15.9. The van der Waals surface area contributed by atoms with Crippen molar-refractivity contribution in [2.24, 2.45) is 0 Å². The Morgan fingerprint density at radius 1 is 1.26 bits per heavy atom. The molecule has 1 saturated heterocycles. The molecule has 0 atom stereocenters. The van der Waals surface area contributed by atoms with Gasteiger partial charge in [0, 0.05) is 36.5 Å². The van der Waals surface area contributed by atoms with E-state index in [0.29, 0.717) is 49.9 Å². The Bertz CT molecular complexity index is 839. The number of benzene rings is 1. The number of anilines is 2. The Hall–Kier alpha value is -2.67. The second-order valence-corrected chi connectivity index (χ2v) is 6.65. The van der Waals surface area contributed by atoms with E-state index >= 15 is 0 Å². The monoisotopic (exact) mass is 370 g/mol. The number of aromatic amines is 1. The summed E-state index contributed by atoms with van der Waals surface area (Å²) in [5.74, 6) is 0.459. The summed E-state index contributed by atoms with van der Waals surface area (Å²) in [6.07, 6.45) is 1.55. The summed E-state index contributed by atoms with van der Waals surface area (Å²) >= 11 is 0. The molecule has 2 N–H and O–H groups in total. The smallest absolute Gasteiger partial charge is 0.255 e. The molecule has 7 heteroatoms. The van der Waals surface area contributed by atoms with Crippen LogP contribution in [0, 0.1) is 6.92 Å². The lowest BCUT2D eigenvalue weighted by Gasteiger charge is -2.27. The van der Waals surface area contributed by atoms with Crippen molar-refractivity contribution in [3.63, 3.8) is 0 Å². The van der Waals surface area contributed by atoms with E-state index in [4.69, 9.17) is 4.74 Å². The topological polar surface area (TPSA) is 87.3 Å². The number of morpholine rings is 1. The molecular formula is C20H26N4O3. The summed E-state index contributed by atoms with van der Waals surface area (Å²) in [6.45, 7) is 6.58. The van der Waals surface area contributed by atoms with E-state index < -0.39 is 0 Å². The number of carbonyl (C=O) groups is 1. The van der Waals surface area contributed by atoms with Crippen LogP contribution in [0.1, 0.15) is 30.2 Å². The third kappa shape index (κ3) is 4.95. The maximum Gasteiger partial charge on any atom is 0.255 e. The fourth-order valence-electron chi connectivity index (χ4n) is 3.10. The number of H-pyrrole nitrogens is 1. The van der Waals surface area contributed by atoms with E-state index in [-0.39, 0.29) is 17.9 Å². The number of rotatable bonds is 6. The number of amides is 1. The first-order chi connectivity index (χ1) is 13.1. The van der Waals surface area contributed by atoms with Gasteiger partial charge in [0.1, 0.15) is 0 Å². The molecule has 0 aliphatic carbocycles. The maximum absolute atomic E-state index is 12.5. The highest BCUT2D eigenvalue weighted by molar-refractivity contribution is 5.90. The molecule has 2 aromatic rings. The molecule has 1 aromatic heterocycles. The Labute approximate surface area is 158 Å². The lowest BCUT2D eigenvalue weighted by atomic mass is 10.1. The molecule has 1 aliphatic rings. The number of aromatic nitrogens is 2. The molecule has 1 amide bonds. The van der Waals surface area contributed by atoms with E-state index in [1.54, 1.807) is 0 Å². The number of nitrogens with one attached hydrogen (secondary N) is 2. The van der Waals surface area contributed by atoms with Crippen LogP contribution < -0.4 is 15.8 Å². The van der Waals surface area contributed by atoms with Crippen molar-refractivity contribution in [3.05, 3.63) is 51.4 Å². The number of ether oxygens (including phenoxy) is 1. The van der Waals surface area contributed by atoms with Crippen molar-refractivity contribution in [2.75, 3.05) is 36.5 Å². The van der Waals surface area contributed by atoms with E-state index in [0.717, 1.165) is 12.1 Å². The van der Waals surface area contributed by atoms with Gasteiger partial charge in [0.25, 0.3) is 5.56 Å². The van der Waals surface area contributed by atoms with E-state index in [1.165, 1.54) is 5.56 Å². The highest BCUT2D eigenvalue weighted by atomic mass is 16.5. The number of hydrogen-bond donors (Lipinski definition) is 2. The van der Waals surface area contributed by atoms with Gasteiger partial charge in [-0.1, -0.05) is 19.1 Å². The Morgan fingerprint density at radius 2 is 1.96 bits per heavy atom. The summed E-state index contributed by atoms with van der Waals surface area (Å²) in [4.78, 5) is 34.0. The van der Waals surface area contributed by atoms with Gasteiger partial charge in [-0.25, -0.2) is 4.98 Å². The van der Waals surface area contributed by atoms with Crippen LogP contribution in [0.25, 0.3) is 0 Å². The molecule has 144 valence electrons. The van der Waals surface area contributed by atoms with Gasteiger partial charge >= 0.3 is 0 Å². The molecule has 0 radical (unpaired) electrons. The molecular weight excluding hydrogens is 344 g/mol. The van der Waals surface area contributed by atoms with Gasteiger partial charge in [-0.2, -0.15) is 0 Å². The van der Waals surface area contributed by atoms with Crippen molar-refractivity contribution < 1.29 is 9.53 Å². The van der Waals surface area contributed by atoms with Gasteiger partial charge in [0.05, 0.1) is 13.2 Å². The first-order valence-corrected chi connectivity index (χ1v) is 9.38. The number of carbonyl (C=O) groups excluding carboxylic acids is 1. The highest BCUT2D eigenvalue weighted by Crippen LogP contribution is 2.13. The van der Waals surface area contributed by atoms with Crippen molar-refractivity contribution in [3.8, 4) is 0 Å². The third-order valence-electron chi connectivity index (χ3n) is 4.77. The third-order valence-corrected chi connectivity index (χ3v) is 4.77. The molecule has 0 saturated carbocycles. The molecule has 0 unspecified atom stereocenters.